The Kier molecular flexibility index (Phi) is 8.67. The van der Waals surface area contributed by atoms with Gasteiger partial charge in [0, 0.05) is 29.7 Å². The predicted molar refractivity (Wildman–Crippen MR) is 119 cm³/mol. The van der Waals surface area contributed by atoms with Crippen LogP contribution in [0, 0.1) is 0 Å². The molecular weight excluding hydrogens is 456 g/mol. The van der Waals surface area contributed by atoms with Gasteiger partial charge in [0.1, 0.15) is 10.6 Å². The van der Waals surface area contributed by atoms with Crippen LogP contribution in [-0.2, 0) is 21.2 Å². The lowest BCUT2D eigenvalue weighted by Gasteiger charge is -2.21. The van der Waals surface area contributed by atoms with Gasteiger partial charge in [-0.3, -0.25) is 4.79 Å². The zero-order chi connectivity index (χ0) is 21.4. The van der Waals surface area contributed by atoms with Gasteiger partial charge in [-0.05, 0) is 49.2 Å². The van der Waals surface area contributed by atoms with Crippen molar-refractivity contribution in [1.29, 1.82) is 0 Å². The number of rotatable bonds is 10. The van der Waals surface area contributed by atoms with E-state index in [9.17, 15) is 13.2 Å². The Hall–Kier alpha value is -1.90. The summed E-state index contributed by atoms with van der Waals surface area (Å²) in [5, 5.41) is 2.79. The van der Waals surface area contributed by atoms with Gasteiger partial charge < -0.3 is 10.1 Å². The van der Waals surface area contributed by atoms with Gasteiger partial charge >= 0.3 is 0 Å². The van der Waals surface area contributed by atoms with Crippen LogP contribution in [0.4, 0.5) is 5.69 Å². The van der Waals surface area contributed by atoms with E-state index in [0.29, 0.717) is 38.2 Å². The standard InChI is InChI=1S/C21H27BrN2O4S/c1-4-24(5-2)29(26,27)20-15-18(11-12-19(20)28-6-3)23-21(25)13-10-16-8-7-9-17(22)14-16/h7-9,11-12,14-15H,4-6,10,13H2,1-3H3,(H,23,25). The number of sulfonamides is 1. The van der Waals surface area contributed by atoms with E-state index >= 15 is 0 Å². The summed E-state index contributed by atoms with van der Waals surface area (Å²) in [6.45, 7) is 6.43. The van der Waals surface area contributed by atoms with Gasteiger partial charge in [0.15, 0.2) is 0 Å². The fourth-order valence-corrected chi connectivity index (χ4v) is 5.00. The molecule has 6 nitrogen and oxygen atoms in total. The second-order valence-corrected chi connectivity index (χ2v) is 9.18. The zero-order valence-electron chi connectivity index (χ0n) is 16.9. The number of ether oxygens (including phenoxy) is 1. The molecule has 29 heavy (non-hydrogen) atoms. The van der Waals surface area contributed by atoms with Gasteiger partial charge in [0.2, 0.25) is 15.9 Å². The third-order valence-corrected chi connectivity index (χ3v) is 6.94. The summed E-state index contributed by atoms with van der Waals surface area (Å²) in [7, 11) is -3.72. The SMILES string of the molecule is CCOc1ccc(NC(=O)CCc2cccc(Br)c2)cc1S(=O)(=O)N(CC)CC. The number of aryl methyl sites for hydroxylation is 1. The lowest BCUT2D eigenvalue weighted by molar-refractivity contribution is -0.116. The first-order valence-electron chi connectivity index (χ1n) is 9.63. The highest BCUT2D eigenvalue weighted by Gasteiger charge is 2.26. The number of amides is 1. The highest BCUT2D eigenvalue weighted by Crippen LogP contribution is 2.30. The summed E-state index contributed by atoms with van der Waals surface area (Å²) in [4.78, 5) is 12.4. The summed E-state index contributed by atoms with van der Waals surface area (Å²) in [6.07, 6.45) is 0.884. The van der Waals surface area contributed by atoms with Gasteiger partial charge in [-0.15, -0.1) is 0 Å². The van der Waals surface area contributed by atoms with Crippen molar-refractivity contribution in [3.8, 4) is 5.75 Å². The van der Waals surface area contributed by atoms with Crippen molar-refractivity contribution >= 4 is 37.5 Å². The van der Waals surface area contributed by atoms with Crippen LogP contribution in [0.1, 0.15) is 32.8 Å². The van der Waals surface area contributed by atoms with Crippen molar-refractivity contribution < 1.29 is 17.9 Å². The first kappa shape index (κ1) is 23.4. The molecule has 2 rings (SSSR count). The highest BCUT2D eigenvalue weighted by molar-refractivity contribution is 9.10. The number of carbonyl (C=O) groups excluding carboxylic acids is 1. The molecule has 0 fully saturated rings. The molecule has 1 N–H and O–H groups in total. The number of halogens is 1. The van der Waals surface area contributed by atoms with E-state index < -0.39 is 10.0 Å². The predicted octanol–water partition coefficient (Wildman–Crippen LogP) is 4.45. The molecule has 158 valence electrons. The maximum absolute atomic E-state index is 13.0. The first-order valence-corrected chi connectivity index (χ1v) is 11.9. The molecule has 0 aliphatic rings. The maximum Gasteiger partial charge on any atom is 0.246 e. The van der Waals surface area contributed by atoms with E-state index in [2.05, 4.69) is 21.2 Å². The van der Waals surface area contributed by atoms with Gasteiger partial charge in [0.05, 0.1) is 6.61 Å². The van der Waals surface area contributed by atoms with Gasteiger partial charge in [-0.2, -0.15) is 4.31 Å². The third kappa shape index (κ3) is 6.29. The van der Waals surface area contributed by atoms with Crippen LogP contribution in [0.2, 0.25) is 0 Å². The van der Waals surface area contributed by atoms with Crippen LogP contribution in [0.5, 0.6) is 5.75 Å². The number of hydrogen-bond acceptors (Lipinski definition) is 4. The molecule has 2 aromatic carbocycles. The third-order valence-electron chi connectivity index (χ3n) is 4.38. The number of hydrogen-bond donors (Lipinski definition) is 1. The van der Waals surface area contributed by atoms with Gasteiger partial charge in [-0.1, -0.05) is 41.9 Å². The van der Waals surface area contributed by atoms with E-state index in [1.165, 1.54) is 10.4 Å². The first-order chi connectivity index (χ1) is 13.8. The van der Waals surface area contributed by atoms with Crippen molar-refractivity contribution in [3.05, 3.63) is 52.5 Å². The normalized spacial score (nSPS) is 11.5. The van der Waals surface area contributed by atoms with E-state index in [4.69, 9.17) is 4.74 Å². The Morgan fingerprint density at radius 2 is 1.83 bits per heavy atom. The maximum atomic E-state index is 13.0. The number of anilines is 1. The average Bonchev–Trinajstić information content (AvgIpc) is 2.68. The van der Waals surface area contributed by atoms with E-state index in [1.54, 1.807) is 32.9 Å². The molecule has 0 radical (unpaired) electrons. The number of nitrogens with zero attached hydrogens (tertiary/aromatic N) is 1. The molecular formula is C21H27BrN2O4S. The molecule has 0 aromatic heterocycles. The molecule has 0 aliphatic carbocycles. The van der Waals surface area contributed by atoms with Crippen LogP contribution >= 0.6 is 15.9 Å². The largest absolute Gasteiger partial charge is 0.492 e. The number of benzene rings is 2. The van der Waals surface area contributed by atoms with Crippen molar-refractivity contribution in [3.63, 3.8) is 0 Å². The summed E-state index contributed by atoms with van der Waals surface area (Å²) in [5.41, 5.74) is 1.48. The molecule has 8 heteroatoms. The molecule has 0 bridgehead atoms. The van der Waals surface area contributed by atoms with E-state index in [-0.39, 0.29) is 16.6 Å². The molecule has 0 saturated heterocycles. The highest BCUT2D eigenvalue weighted by atomic mass is 79.9. The Labute approximate surface area is 181 Å². The topological polar surface area (TPSA) is 75.7 Å². The van der Waals surface area contributed by atoms with Crippen LogP contribution in [0.15, 0.2) is 51.8 Å². The minimum Gasteiger partial charge on any atom is -0.492 e. The van der Waals surface area contributed by atoms with Crippen molar-refractivity contribution in [1.82, 2.24) is 4.31 Å². The Morgan fingerprint density at radius 3 is 2.45 bits per heavy atom. The van der Waals surface area contributed by atoms with Crippen molar-refractivity contribution in [2.24, 2.45) is 0 Å². The Morgan fingerprint density at radius 1 is 1.10 bits per heavy atom. The van der Waals surface area contributed by atoms with Crippen LogP contribution in [0.3, 0.4) is 0 Å². The number of carbonyl (C=O) groups is 1. The summed E-state index contributed by atoms with van der Waals surface area (Å²) in [5.74, 6) is 0.104. The molecule has 2 aromatic rings. The number of nitrogens with one attached hydrogen (secondary N) is 1. The fourth-order valence-electron chi connectivity index (χ4n) is 2.94. The zero-order valence-corrected chi connectivity index (χ0v) is 19.3. The van der Waals surface area contributed by atoms with Crippen molar-refractivity contribution in [2.45, 2.75) is 38.5 Å². The molecule has 0 saturated carbocycles. The second-order valence-electron chi connectivity index (χ2n) is 6.36. The van der Waals surface area contributed by atoms with Crippen molar-refractivity contribution in [2.75, 3.05) is 25.0 Å². The molecule has 0 spiro atoms. The van der Waals surface area contributed by atoms with Gasteiger partial charge in [0.25, 0.3) is 0 Å². The minimum atomic E-state index is -3.72. The molecule has 0 unspecified atom stereocenters. The minimum absolute atomic E-state index is 0.0628. The fraction of sp³-hybridized carbons (Fsp3) is 0.381. The Bertz CT molecular complexity index is 943. The lowest BCUT2D eigenvalue weighted by atomic mass is 10.1. The molecule has 0 aliphatic heterocycles. The smallest absolute Gasteiger partial charge is 0.246 e. The van der Waals surface area contributed by atoms with Crippen LogP contribution in [-0.4, -0.2) is 38.3 Å². The quantitative estimate of drug-likeness (QED) is 0.542. The monoisotopic (exact) mass is 482 g/mol. The van der Waals surface area contributed by atoms with E-state index in [1.807, 2.05) is 24.3 Å². The van der Waals surface area contributed by atoms with E-state index in [0.717, 1.165) is 10.0 Å². The molecule has 0 atom stereocenters. The lowest BCUT2D eigenvalue weighted by Crippen LogP contribution is -2.31. The molecule has 0 heterocycles. The summed E-state index contributed by atoms with van der Waals surface area (Å²) >= 11 is 3.42. The van der Waals surface area contributed by atoms with Crippen LogP contribution in [0.25, 0.3) is 0 Å². The average molecular weight is 483 g/mol. The Balaban J connectivity index is 2.20. The summed E-state index contributed by atoms with van der Waals surface area (Å²) < 4.78 is 33.8. The molecule has 1 amide bonds. The summed E-state index contributed by atoms with van der Waals surface area (Å²) in [6, 6.07) is 12.5. The second kappa shape index (κ2) is 10.8. The van der Waals surface area contributed by atoms with Gasteiger partial charge in [-0.25, -0.2) is 8.42 Å². The van der Waals surface area contributed by atoms with Crippen LogP contribution < -0.4 is 10.1 Å².